The average molecular weight is 378 g/mol. The molecule has 0 radical (unpaired) electrons. The van der Waals surface area contributed by atoms with Gasteiger partial charge in [-0.3, -0.25) is 9.59 Å². The first-order chi connectivity index (χ1) is 11.7. The van der Waals surface area contributed by atoms with Crippen molar-refractivity contribution in [2.24, 2.45) is 7.05 Å². The molecule has 0 aliphatic rings. The van der Waals surface area contributed by atoms with E-state index in [4.69, 9.17) is 0 Å². The molecule has 10 heteroatoms. The molecule has 0 bridgehead atoms. The summed E-state index contributed by atoms with van der Waals surface area (Å²) < 4.78 is 28.9. The predicted octanol–water partition coefficient (Wildman–Crippen LogP) is 1.13. The smallest absolute Gasteiger partial charge is 0.302 e. The van der Waals surface area contributed by atoms with Gasteiger partial charge in [0.15, 0.2) is 0 Å². The summed E-state index contributed by atoms with van der Waals surface area (Å²) in [4.78, 5) is 31.6. The summed E-state index contributed by atoms with van der Waals surface area (Å²) in [6, 6.07) is 4.25. The lowest BCUT2D eigenvalue weighted by molar-refractivity contribution is 0.0980. The third-order valence-corrected chi connectivity index (χ3v) is 5.97. The van der Waals surface area contributed by atoms with Crippen LogP contribution in [0, 0.1) is 13.8 Å². The number of nitrogens with zero attached hydrogens (tertiary/aromatic N) is 3. The van der Waals surface area contributed by atoms with Crippen LogP contribution in [-0.2, 0) is 17.1 Å². The second kappa shape index (κ2) is 6.05. The Morgan fingerprint density at radius 2 is 2.00 bits per heavy atom. The predicted molar refractivity (Wildman–Crippen MR) is 93.2 cm³/mol. The van der Waals surface area contributed by atoms with Crippen molar-refractivity contribution < 1.29 is 13.2 Å². The molecule has 2 aromatic heterocycles. The molecule has 8 nitrogen and oxygen atoms in total. The Morgan fingerprint density at radius 1 is 1.28 bits per heavy atom. The van der Waals surface area contributed by atoms with Gasteiger partial charge in [0.25, 0.3) is 15.9 Å². The number of aromatic nitrogens is 3. The van der Waals surface area contributed by atoms with Crippen LogP contribution in [0.4, 0.5) is 0 Å². The maximum atomic E-state index is 12.5. The number of rotatable bonds is 3. The van der Waals surface area contributed by atoms with Gasteiger partial charge >= 0.3 is 4.87 Å². The lowest BCUT2D eigenvalue weighted by atomic mass is 10.2. The van der Waals surface area contributed by atoms with Crippen LogP contribution in [0.1, 0.15) is 21.9 Å². The van der Waals surface area contributed by atoms with E-state index in [2.05, 4.69) is 9.97 Å². The second-order valence-corrected chi connectivity index (χ2v) is 8.08. The van der Waals surface area contributed by atoms with Crippen molar-refractivity contribution in [2.45, 2.75) is 18.7 Å². The molecular formula is C15H14N4O4S2. The molecule has 0 unspecified atom stereocenters. The molecule has 0 atom stereocenters. The van der Waals surface area contributed by atoms with Crippen molar-refractivity contribution in [1.82, 2.24) is 19.3 Å². The molecule has 25 heavy (non-hydrogen) atoms. The van der Waals surface area contributed by atoms with Crippen molar-refractivity contribution in [3.8, 4) is 0 Å². The molecule has 0 aliphatic carbocycles. The maximum Gasteiger partial charge on any atom is 0.307 e. The first kappa shape index (κ1) is 17.2. The summed E-state index contributed by atoms with van der Waals surface area (Å²) in [5.74, 6) is -0.319. The van der Waals surface area contributed by atoms with Crippen molar-refractivity contribution in [3.05, 3.63) is 51.1 Å². The van der Waals surface area contributed by atoms with Gasteiger partial charge in [-0.05, 0) is 32.0 Å². The van der Waals surface area contributed by atoms with Gasteiger partial charge in [-0.1, -0.05) is 11.3 Å². The number of hydrogen-bond donors (Lipinski definition) is 1. The van der Waals surface area contributed by atoms with Gasteiger partial charge in [0.2, 0.25) is 0 Å². The van der Waals surface area contributed by atoms with E-state index in [1.807, 2.05) is 4.72 Å². The largest absolute Gasteiger partial charge is 0.307 e. The van der Waals surface area contributed by atoms with E-state index in [1.54, 1.807) is 20.9 Å². The molecule has 0 fully saturated rings. The van der Waals surface area contributed by atoms with Crippen LogP contribution in [0.15, 0.2) is 34.1 Å². The van der Waals surface area contributed by atoms with Gasteiger partial charge in [0.05, 0.1) is 26.4 Å². The monoisotopic (exact) mass is 378 g/mol. The number of carbonyl (C=O) groups is 1. The van der Waals surface area contributed by atoms with Gasteiger partial charge < -0.3 is 4.57 Å². The van der Waals surface area contributed by atoms with Gasteiger partial charge in [-0.25, -0.2) is 23.1 Å². The number of amides is 1. The Kier molecular flexibility index (Phi) is 4.17. The third kappa shape index (κ3) is 3.17. The highest BCUT2D eigenvalue weighted by atomic mass is 32.2. The summed E-state index contributed by atoms with van der Waals surface area (Å²) in [5, 5.41) is 0. The molecular weight excluding hydrogens is 364 g/mol. The van der Waals surface area contributed by atoms with E-state index in [0.29, 0.717) is 21.7 Å². The lowest BCUT2D eigenvalue weighted by Gasteiger charge is -2.08. The van der Waals surface area contributed by atoms with Crippen LogP contribution in [0.5, 0.6) is 0 Å². The van der Waals surface area contributed by atoms with E-state index in [1.165, 1.54) is 29.0 Å². The number of aryl methyl sites for hydroxylation is 3. The highest BCUT2D eigenvalue weighted by Crippen LogP contribution is 2.21. The van der Waals surface area contributed by atoms with E-state index in [-0.39, 0.29) is 15.3 Å². The Morgan fingerprint density at radius 3 is 2.68 bits per heavy atom. The minimum Gasteiger partial charge on any atom is -0.302 e. The molecule has 3 aromatic rings. The van der Waals surface area contributed by atoms with E-state index in [9.17, 15) is 18.0 Å². The Balaban J connectivity index is 1.96. The van der Waals surface area contributed by atoms with E-state index in [0.717, 1.165) is 11.3 Å². The summed E-state index contributed by atoms with van der Waals surface area (Å²) >= 11 is 0.939. The van der Waals surface area contributed by atoms with Crippen LogP contribution in [0.3, 0.4) is 0 Å². The quantitative estimate of drug-likeness (QED) is 0.731. The van der Waals surface area contributed by atoms with Crippen molar-refractivity contribution in [2.75, 3.05) is 0 Å². The second-order valence-electron chi connectivity index (χ2n) is 5.41. The van der Waals surface area contributed by atoms with Gasteiger partial charge in [-0.2, -0.15) is 0 Å². The van der Waals surface area contributed by atoms with Crippen LogP contribution < -0.4 is 9.60 Å². The summed E-state index contributed by atoms with van der Waals surface area (Å²) in [6.07, 6.45) is 1.29. The number of carbonyl (C=O) groups excluding carboxylic acids is 1. The molecule has 130 valence electrons. The third-order valence-electron chi connectivity index (χ3n) is 3.65. The van der Waals surface area contributed by atoms with Gasteiger partial charge in [-0.15, -0.1) is 0 Å². The topological polar surface area (TPSA) is 111 Å². The Hall–Kier alpha value is -2.59. The van der Waals surface area contributed by atoms with Gasteiger partial charge in [0, 0.05) is 13.2 Å². The van der Waals surface area contributed by atoms with Crippen LogP contribution in [0.2, 0.25) is 0 Å². The molecule has 0 aliphatic heterocycles. The number of hydrogen-bond acceptors (Lipinski definition) is 7. The molecule has 0 saturated carbocycles. The van der Waals surface area contributed by atoms with Crippen LogP contribution in [0.25, 0.3) is 10.2 Å². The molecule has 1 aromatic carbocycles. The van der Waals surface area contributed by atoms with E-state index >= 15 is 0 Å². The molecule has 1 amide bonds. The fraction of sp³-hybridized carbons (Fsp3) is 0.200. The Labute approximate surface area is 147 Å². The van der Waals surface area contributed by atoms with Crippen LogP contribution in [-0.4, -0.2) is 28.9 Å². The SMILES string of the molecule is Cc1ncc(C(=O)NS(=O)(=O)c2ccc3c(c2)sc(=O)n3C)c(C)n1. The zero-order chi connectivity index (χ0) is 18.4. The summed E-state index contributed by atoms with van der Waals surface area (Å²) in [7, 11) is -2.48. The number of fused-ring (bicyclic) bond motifs is 1. The fourth-order valence-corrected chi connectivity index (χ4v) is 4.31. The van der Waals surface area contributed by atoms with Gasteiger partial charge in [0.1, 0.15) is 5.82 Å². The fourth-order valence-electron chi connectivity index (χ4n) is 2.32. The number of sulfonamides is 1. The number of benzene rings is 1. The summed E-state index contributed by atoms with van der Waals surface area (Å²) in [6.45, 7) is 3.27. The molecule has 0 saturated heterocycles. The summed E-state index contributed by atoms with van der Waals surface area (Å²) in [5.41, 5.74) is 1.10. The normalized spacial score (nSPS) is 11.6. The van der Waals surface area contributed by atoms with Crippen molar-refractivity contribution in [1.29, 1.82) is 0 Å². The maximum absolute atomic E-state index is 12.5. The minimum absolute atomic E-state index is 0.0830. The highest BCUT2D eigenvalue weighted by Gasteiger charge is 2.21. The molecule has 3 rings (SSSR count). The minimum atomic E-state index is -4.09. The average Bonchev–Trinajstić information content (AvgIpc) is 2.81. The van der Waals surface area contributed by atoms with E-state index < -0.39 is 15.9 Å². The Bertz CT molecular complexity index is 1160. The number of thiazole rings is 1. The lowest BCUT2D eigenvalue weighted by Crippen LogP contribution is -2.31. The zero-order valence-electron chi connectivity index (χ0n) is 13.6. The van der Waals surface area contributed by atoms with Crippen LogP contribution >= 0.6 is 11.3 Å². The number of nitrogens with one attached hydrogen (secondary N) is 1. The van der Waals surface area contributed by atoms with Crippen molar-refractivity contribution in [3.63, 3.8) is 0 Å². The standard InChI is InChI=1S/C15H14N4O4S2/c1-8-11(7-16-9(2)17-8)14(20)18-25(22,23)10-4-5-12-13(6-10)24-15(21)19(12)3/h4-7H,1-3H3,(H,18,20). The first-order valence-electron chi connectivity index (χ1n) is 7.16. The molecule has 2 heterocycles. The molecule has 0 spiro atoms. The highest BCUT2D eigenvalue weighted by molar-refractivity contribution is 7.90. The zero-order valence-corrected chi connectivity index (χ0v) is 15.2. The first-order valence-corrected chi connectivity index (χ1v) is 9.46. The molecule has 1 N–H and O–H groups in total. The van der Waals surface area contributed by atoms with Crippen molar-refractivity contribution >= 4 is 37.5 Å².